The van der Waals surface area contributed by atoms with E-state index >= 15 is 0 Å². The molecule has 5 aromatic carbocycles. The minimum Gasteiger partial charge on any atom is -0.458 e. The minimum atomic E-state index is -0.0920. The molecule has 2 aliphatic heterocycles. The van der Waals surface area contributed by atoms with Crippen molar-refractivity contribution in [2.45, 2.75) is 31.7 Å². The Kier molecular flexibility index (Phi) is 4.77. The molecule has 0 radical (unpaired) electrons. The minimum absolute atomic E-state index is 0.0541. The van der Waals surface area contributed by atoms with Gasteiger partial charge in [0.25, 0.3) is 6.71 Å². The molecule has 0 bridgehead atoms. The van der Waals surface area contributed by atoms with Crippen molar-refractivity contribution in [2.24, 2.45) is 17.8 Å². The number of ether oxygens (including phenoxy) is 1. The van der Waals surface area contributed by atoms with Crippen LogP contribution in [-0.2, 0) is 0 Å². The Morgan fingerprint density at radius 3 is 1.93 bits per heavy atom. The molecule has 2 nitrogen and oxygen atoms in total. The van der Waals surface area contributed by atoms with Gasteiger partial charge in [0.2, 0.25) is 0 Å². The average Bonchev–Trinajstić information content (AvgIpc) is 3.02. The zero-order chi connectivity index (χ0) is 28.3. The summed E-state index contributed by atoms with van der Waals surface area (Å²) in [6.07, 6.45) is 6.56. The Labute approximate surface area is 253 Å². The molecule has 5 aromatic rings. The molecule has 4 atom stereocenters. The highest BCUT2D eigenvalue weighted by Gasteiger charge is 2.57. The number of benzene rings is 5. The van der Waals surface area contributed by atoms with E-state index < -0.39 is 0 Å². The first kappa shape index (κ1) is 24.0. The van der Waals surface area contributed by atoms with E-state index in [0.717, 1.165) is 29.3 Å². The number of hydrogen-bond donors (Lipinski definition) is 0. The van der Waals surface area contributed by atoms with E-state index in [2.05, 4.69) is 133 Å². The first-order valence-corrected chi connectivity index (χ1v) is 15.9. The predicted octanol–water partition coefficient (Wildman–Crippen LogP) is 7.84. The Morgan fingerprint density at radius 1 is 0.651 bits per heavy atom. The van der Waals surface area contributed by atoms with E-state index in [1.54, 1.807) is 5.57 Å². The number of rotatable bonds is 3. The molecule has 10 rings (SSSR count). The fourth-order valence-corrected chi connectivity index (χ4v) is 9.53. The van der Waals surface area contributed by atoms with E-state index in [-0.39, 0.29) is 12.3 Å². The fourth-order valence-electron chi connectivity index (χ4n) is 9.53. The lowest BCUT2D eigenvalue weighted by molar-refractivity contribution is 0.00878. The van der Waals surface area contributed by atoms with Gasteiger partial charge in [0.05, 0.1) is 5.54 Å². The van der Waals surface area contributed by atoms with Crippen LogP contribution in [0.5, 0.6) is 11.5 Å². The second-order valence-electron chi connectivity index (χ2n) is 13.5. The summed E-state index contributed by atoms with van der Waals surface area (Å²) in [6.45, 7) is 2.55. The molecule has 43 heavy (non-hydrogen) atoms. The highest BCUT2D eigenvalue weighted by Crippen LogP contribution is 2.64. The third-order valence-corrected chi connectivity index (χ3v) is 11.2. The number of anilines is 2. The van der Waals surface area contributed by atoms with Gasteiger partial charge in [0.15, 0.2) is 0 Å². The summed E-state index contributed by atoms with van der Waals surface area (Å²) in [6, 6.07) is 42.1. The van der Waals surface area contributed by atoms with Crippen LogP contribution in [0.3, 0.4) is 0 Å². The van der Waals surface area contributed by atoms with Gasteiger partial charge in [-0.3, -0.25) is 0 Å². The summed E-state index contributed by atoms with van der Waals surface area (Å²) in [5.41, 5.74) is 13.2. The van der Waals surface area contributed by atoms with Crippen molar-refractivity contribution in [3.8, 4) is 33.8 Å². The van der Waals surface area contributed by atoms with E-state index in [1.165, 1.54) is 69.3 Å². The third kappa shape index (κ3) is 3.20. The first-order chi connectivity index (χ1) is 21.2. The molecule has 5 aliphatic rings. The molecule has 206 valence electrons. The van der Waals surface area contributed by atoms with Crippen molar-refractivity contribution in [3.63, 3.8) is 0 Å². The number of allylic oxidation sites excluding steroid dienone is 1. The lowest BCUT2D eigenvalue weighted by atomic mass is 9.32. The number of nitrogens with zero attached hydrogens (tertiary/aromatic N) is 1. The van der Waals surface area contributed by atoms with Gasteiger partial charge in [-0.15, -0.1) is 0 Å². The monoisotopic (exact) mass is 553 g/mol. The van der Waals surface area contributed by atoms with Crippen LogP contribution in [-0.4, -0.2) is 12.3 Å². The Bertz CT molecular complexity index is 1980. The summed E-state index contributed by atoms with van der Waals surface area (Å²) < 4.78 is 6.85. The van der Waals surface area contributed by atoms with Gasteiger partial charge >= 0.3 is 0 Å². The SMILES string of the molecule is CC1(N2c3cccc4c3B(c3c(cccc3-c3ccccc3)O4)c3c(-c4ccccc4)cccc32)C=C2CC3CC(C1)C23. The maximum absolute atomic E-state index is 6.85. The molecule has 2 heterocycles. The maximum Gasteiger partial charge on any atom is 0.257 e. The predicted molar refractivity (Wildman–Crippen MR) is 178 cm³/mol. The summed E-state index contributed by atoms with van der Waals surface area (Å²) in [5.74, 6) is 4.56. The van der Waals surface area contributed by atoms with Gasteiger partial charge < -0.3 is 9.64 Å². The molecule has 2 saturated carbocycles. The molecule has 0 N–H and O–H groups in total. The summed E-state index contributed by atoms with van der Waals surface area (Å²) in [7, 11) is 0. The van der Waals surface area contributed by atoms with Gasteiger partial charge in [0, 0.05) is 11.4 Å². The Balaban J connectivity index is 1.29. The molecule has 0 amide bonds. The lowest BCUT2D eigenvalue weighted by Crippen LogP contribution is -2.65. The van der Waals surface area contributed by atoms with Crippen LogP contribution in [0.2, 0.25) is 0 Å². The third-order valence-electron chi connectivity index (χ3n) is 11.2. The molecular formula is C40H32BNO. The molecular weight excluding hydrogens is 521 g/mol. The summed E-state index contributed by atoms with van der Waals surface area (Å²) in [4.78, 5) is 2.71. The molecule has 2 fully saturated rings. The average molecular weight is 554 g/mol. The van der Waals surface area contributed by atoms with Crippen molar-refractivity contribution in [1.29, 1.82) is 0 Å². The summed E-state index contributed by atoms with van der Waals surface area (Å²) in [5, 5.41) is 0. The second kappa shape index (κ2) is 8.54. The topological polar surface area (TPSA) is 12.5 Å². The smallest absolute Gasteiger partial charge is 0.257 e. The van der Waals surface area contributed by atoms with Crippen LogP contribution >= 0.6 is 0 Å². The van der Waals surface area contributed by atoms with E-state index in [9.17, 15) is 0 Å². The normalized spacial score (nSPS) is 25.1. The molecule has 0 saturated heterocycles. The van der Waals surface area contributed by atoms with Crippen molar-refractivity contribution in [3.05, 3.63) is 127 Å². The van der Waals surface area contributed by atoms with Crippen LogP contribution in [0.15, 0.2) is 127 Å². The van der Waals surface area contributed by atoms with Gasteiger partial charge in [0.1, 0.15) is 11.5 Å². The zero-order valence-corrected chi connectivity index (χ0v) is 24.3. The van der Waals surface area contributed by atoms with Gasteiger partial charge in [-0.05, 0) is 107 Å². The molecule has 4 unspecified atom stereocenters. The first-order valence-electron chi connectivity index (χ1n) is 15.9. The largest absolute Gasteiger partial charge is 0.458 e. The van der Waals surface area contributed by atoms with Crippen LogP contribution in [0.25, 0.3) is 22.3 Å². The maximum atomic E-state index is 6.85. The standard InChI is InChI=1S/C40H32BNO/c1-40(23-28-21-27-22-29(24-40)36(27)28)42-32-17-8-15-30(25-11-4-2-5-12-25)37(32)41-38-31(26-13-6-3-7-14-26)16-9-19-34(38)43-35-20-10-18-33(42)39(35)41/h2-20,23,27,29,36H,21-22,24H2,1H3. The van der Waals surface area contributed by atoms with Crippen LogP contribution < -0.4 is 26.0 Å². The van der Waals surface area contributed by atoms with Gasteiger partial charge in [-0.2, -0.15) is 0 Å². The van der Waals surface area contributed by atoms with Crippen molar-refractivity contribution >= 4 is 34.5 Å². The van der Waals surface area contributed by atoms with Crippen LogP contribution in [0, 0.1) is 17.8 Å². The van der Waals surface area contributed by atoms with E-state index in [0.29, 0.717) is 0 Å². The molecule has 0 spiro atoms. The number of hydrogen-bond acceptors (Lipinski definition) is 2. The van der Waals surface area contributed by atoms with Crippen molar-refractivity contribution in [2.75, 3.05) is 4.90 Å². The second-order valence-corrected chi connectivity index (χ2v) is 13.5. The molecule has 3 heteroatoms. The van der Waals surface area contributed by atoms with Crippen LogP contribution in [0.4, 0.5) is 11.4 Å². The summed E-state index contributed by atoms with van der Waals surface area (Å²) >= 11 is 0. The highest BCUT2D eigenvalue weighted by atomic mass is 16.5. The van der Waals surface area contributed by atoms with E-state index in [4.69, 9.17) is 4.74 Å². The van der Waals surface area contributed by atoms with Gasteiger partial charge in [-0.25, -0.2) is 0 Å². The fraction of sp³-hybridized carbons (Fsp3) is 0.200. The van der Waals surface area contributed by atoms with Gasteiger partial charge in [-0.1, -0.05) is 103 Å². The Morgan fingerprint density at radius 2 is 1.26 bits per heavy atom. The lowest BCUT2D eigenvalue weighted by Gasteiger charge is -2.62. The quantitative estimate of drug-likeness (QED) is 0.164. The van der Waals surface area contributed by atoms with Crippen molar-refractivity contribution in [1.82, 2.24) is 0 Å². The molecule has 3 aliphatic carbocycles. The zero-order valence-electron chi connectivity index (χ0n) is 24.3. The number of fused-ring (bicyclic) bond motifs is 4. The van der Waals surface area contributed by atoms with Crippen LogP contribution in [0.1, 0.15) is 26.2 Å². The molecule has 0 aromatic heterocycles. The Hall–Kier alpha value is -4.50. The van der Waals surface area contributed by atoms with E-state index in [1.807, 2.05) is 0 Å². The van der Waals surface area contributed by atoms with Crippen molar-refractivity contribution < 1.29 is 4.74 Å². The highest BCUT2D eigenvalue weighted by molar-refractivity contribution is 7.00.